The minimum Gasteiger partial charge on any atom is -0.327 e. The Labute approximate surface area is 113 Å². The van der Waals surface area contributed by atoms with Crippen LogP contribution in [0.15, 0.2) is 0 Å². The van der Waals surface area contributed by atoms with E-state index < -0.39 is 0 Å². The second kappa shape index (κ2) is 5.89. The zero-order valence-corrected chi connectivity index (χ0v) is 12.5. The SMILES string of the molecule is CC(C)(C)N1CCN(CC2CCCCC2N)CC1. The minimum absolute atomic E-state index is 0.327. The number of hydrogen-bond donors (Lipinski definition) is 1. The van der Waals surface area contributed by atoms with Crippen LogP contribution in [0.2, 0.25) is 0 Å². The molecule has 1 saturated carbocycles. The summed E-state index contributed by atoms with van der Waals surface area (Å²) in [7, 11) is 0. The maximum absolute atomic E-state index is 6.26. The second-order valence-electron chi connectivity index (χ2n) is 7.17. The van der Waals surface area contributed by atoms with Gasteiger partial charge in [-0.15, -0.1) is 0 Å². The molecular weight excluding hydrogens is 222 g/mol. The molecule has 1 saturated heterocycles. The van der Waals surface area contributed by atoms with E-state index in [-0.39, 0.29) is 0 Å². The summed E-state index contributed by atoms with van der Waals surface area (Å²) in [4.78, 5) is 5.24. The first-order chi connectivity index (χ1) is 8.47. The Kier molecular flexibility index (Phi) is 4.68. The van der Waals surface area contributed by atoms with Crippen molar-refractivity contribution >= 4 is 0 Å². The van der Waals surface area contributed by atoms with Crippen molar-refractivity contribution in [1.29, 1.82) is 0 Å². The molecule has 2 rings (SSSR count). The van der Waals surface area contributed by atoms with Crippen molar-refractivity contribution in [2.24, 2.45) is 11.7 Å². The zero-order valence-electron chi connectivity index (χ0n) is 12.5. The Morgan fingerprint density at radius 1 is 1.00 bits per heavy atom. The highest BCUT2D eigenvalue weighted by Gasteiger charge is 2.29. The van der Waals surface area contributed by atoms with E-state index in [1.165, 1.54) is 58.4 Å². The molecule has 0 radical (unpaired) electrons. The summed E-state index contributed by atoms with van der Waals surface area (Å²) in [6.45, 7) is 13.1. The summed E-state index contributed by atoms with van der Waals surface area (Å²) in [6, 6.07) is 0.458. The van der Waals surface area contributed by atoms with Gasteiger partial charge in [-0.25, -0.2) is 0 Å². The molecule has 0 bridgehead atoms. The highest BCUT2D eigenvalue weighted by molar-refractivity contribution is 4.85. The third-order valence-electron chi connectivity index (χ3n) is 4.78. The van der Waals surface area contributed by atoms with Crippen LogP contribution in [0, 0.1) is 5.92 Å². The van der Waals surface area contributed by atoms with Crippen LogP contribution < -0.4 is 5.73 Å². The summed E-state index contributed by atoms with van der Waals surface area (Å²) in [5.74, 6) is 0.750. The van der Waals surface area contributed by atoms with Gasteiger partial charge in [-0.05, 0) is 39.5 Å². The number of rotatable bonds is 2. The standard InChI is InChI=1S/C15H31N3/c1-15(2,3)18-10-8-17(9-11-18)12-13-6-4-5-7-14(13)16/h13-14H,4-12,16H2,1-3H3. The highest BCUT2D eigenvalue weighted by atomic mass is 15.3. The quantitative estimate of drug-likeness (QED) is 0.816. The highest BCUT2D eigenvalue weighted by Crippen LogP contribution is 2.24. The third-order valence-corrected chi connectivity index (χ3v) is 4.78. The fourth-order valence-corrected chi connectivity index (χ4v) is 3.40. The molecule has 2 aliphatic rings. The molecule has 3 heteroatoms. The monoisotopic (exact) mass is 253 g/mol. The Hall–Kier alpha value is -0.120. The van der Waals surface area contributed by atoms with Crippen molar-refractivity contribution in [3.63, 3.8) is 0 Å². The molecule has 0 amide bonds. The molecule has 2 N–H and O–H groups in total. The number of piperazine rings is 1. The number of nitrogens with zero attached hydrogens (tertiary/aromatic N) is 2. The molecule has 3 nitrogen and oxygen atoms in total. The zero-order chi connectivity index (χ0) is 13.2. The van der Waals surface area contributed by atoms with E-state index in [2.05, 4.69) is 30.6 Å². The van der Waals surface area contributed by atoms with Crippen molar-refractivity contribution in [1.82, 2.24) is 9.80 Å². The van der Waals surface area contributed by atoms with Crippen molar-refractivity contribution in [2.45, 2.75) is 58.0 Å². The van der Waals surface area contributed by atoms with Crippen LogP contribution >= 0.6 is 0 Å². The first-order valence-corrected chi connectivity index (χ1v) is 7.70. The predicted molar refractivity (Wildman–Crippen MR) is 77.7 cm³/mol. The lowest BCUT2D eigenvalue weighted by atomic mass is 9.84. The van der Waals surface area contributed by atoms with Crippen LogP contribution in [0.25, 0.3) is 0 Å². The Bertz CT molecular complexity index is 251. The molecule has 18 heavy (non-hydrogen) atoms. The third kappa shape index (κ3) is 3.69. The lowest BCUT2D eigenvalue weighted by Gasteiger charge is -2.43. The molecule has 0 aromatic rings. The van der Waals surface area contributed by atoms with Crippen LogP contribution in [0.1, 0.15) is 46.5 Å². The van der Waals surface area contributed by atoms with Gasteiger partial charge in [0.05, 0.1) is 0 Å². The molecule has 1 heterocycles. The van der Waals surface area contributed by atoms with Gasteiger partial charge in [0.2, 0.25) is 0 Å². The van der Waals surface area contributed by atoms with Gasteiger partial charge in [0, 0.05) is 44.3 Å². The molecule has 1 aliphatic carbocycles. The van der Waals surface area contributed by atoms with Crippen LogP contribution in [-0.4, -0.2) is 54.1 Å². The van der Waals surface area contributed by atoms with Gasteiger partial charge in [0.15, 0.2) is 0 Å². The van der Waals surface area contributed by atoms with Crippen LogP contribution in [0.3, 0.4) is 0 Å². The van der Waals surface area contributed by atoms with Crippen LogP contribution in [0.4, 0.5) is 0 Å². The predicted octanol–water partition coefficient (Wildman–Crippen LogP) is 1.92. The lowest BCUT2D eigenvalue weighted by Crippen LogP contribution is -2.55. The molecule has 2 atom stereocenters. The second-order valence-corrected chi connectivity index (χ2v) is 7.17. The van der Waals surface area contributed by atoms with Gasteiger partial charge in [-0.2, -0.15) is 0 Å². The van der Waals surface area contributed by atoms with Crippen molar-refractivity contribution in [2.75, 3.05) is 32.7 Å². The van der Waals surface area contributed by atoms with Crippen LogP contribution in [0.5, 0.6) is 0 Å². The molecule has 0 aromatic carbocycles. The summed E-state index contributed by atoms with van der Waals surface area (Å²) in [5.41, 5.74) is 6.58. The molecule has 0 spiro atoms. The largest absolute Gasteiger partial charge is 0.327 e. The molecule has 1 aliphatic heterocycles. The topological polar surface area (TPSA) is 32.5 Å². The molecular formula is C15H31N3. The van der Waals surface area contributed by atoms with E-state index in [1.54, 1.807) is 0 Å². The molecule has 2 unspecified atom stereocenters. The normalized spacial score (nSPS) is 32.7. The number of hydrogen-bond acceptors (Lipinski definition) is 3. The minimum atomic E-state index is 0.327. The van der Waals surface area contributed by atoms with Gasteiger partial charge in [0.1, 0.15) is 0 Å². The molecule has 106 valence electrons. The maximum Gasteiger partial charge on any atom is 0.0126 e. The van der Waals surface area contributed by atoms with Gasteiger partial charge in [-0.3, -0.25) is 4.90 Å². The lowest BCUT2D eigenvalue weighted by molar-refractivity contribution is 0.0501. The summed E-state index contributed by atoms with van der Waals surface area (Å²) in [5, 5.41) is 0. The fraction of sp³-hybridized carbons (Fsp3) is 1.00. The Morgan fingerprint density at radius 2 is 1.61 bits per heavy atom. The van der Waals surface area contributed by atoms with Gasteiger partial charge in [-0.1, -0.05) is 12.8 Å². The first kappa shape index (κ1) is 14.3. The van der Waals surface area contributed by atoms with E-state index in [0.717, 1.165) is 5.92 Å². The Balaban J connectivity index is 1.76. The van der Waals surface area contributed by atoms with E-state index in [1.807, 2.05) is 0 Å². The van der Waals surface area contributed by atoms with E-state index >= 15 is 0 Å². The van der Waals surface area contributed by atoms with E-state index in [4.69, 9.17) is 5.73 Å². The Morgan fingerprint density at radius 3 is 2.17 bits per heavy atom. The van der Waals surface area contributed by atoms with Gasteiger partial charge >= 0.3 is 0 Å². The maximum atomic E-state index is 6.26. The van der Waals surface area contributed by atoms with Crippen molar-refractivity contribution in [3.05, 3.63) is 0 Å². The molecule has 0 aromatic heterocycles. The number of nitrogens with two attached hydrogens (primary N) is 1. The average Bonchev–Trinajstić information content (AvgIpc) is 2.32. The average molecular weight is 253 g/mol. The van der Waals surface area contributed by atoms with Crippen molar-refractivity contribution in [3.8, 4) is 0 Å². The fourth-order valence-electron chi connectivity index (χ4n) is 3.40. The van der Waals surface area contributed by atoms with Gasteiger partial charge < -0.3 is 10.6 Å². The van der Waals surface area contributed by atoms with Gasteiger partial charge in [0.25, 0.3) is 0 Å². The smallest absolute Gasteiger partial charge is 0.0126 e. The molecule has 2 fully saturated rings. The summed E-state index contributed by atoms with van der Waals surface area (Å²) < 4.78 is 0. The van der Waals surface area contributed by atoms with Crippen molar-refractivity contribution < 1.29 is 0 Å². The van der Waals surface area contributed by atoms with Crippen LogP contribution in [-0.2, 0) is 0 Å². The summed E-state index contributed by atoms with van der Waals surface area (Å²) in [6.07, 6.45) is 5.32. The summed E-state index contributed by atoms with van der Waals surface area (Å²) >= 11 is 0. The van der Waals surface area contributed by atoms with E-state index in [0.29, 0.717) is 11.6 Å². The first-order valence-electron chi connectivity index (χ1n) is 7.70. The van der Waals surface area contributed by atoms with E-state index in [9.17, 15) is 0 Å².